The van der Waals surface area contributed by atoms with E-state index >= 15 is 0 Å². The van der Waals surface area contributed by atoms with Crippen LogP contribution >= 0.6 is 11.6 Å². The molecule has 0 spiro atoms. The number of carboxylic acid groups (broad SMARTS) is 1. The van der Waals surface area contributed by atoms with Crippen LogP contribution < -0.4 is 9.47 Å². The summed E-state index contributed by atoms with van der Waals surface area (Å²) in [5.41, 5.74) is 3.63. The molecule has 1 aromatic heterocycles. The Bertz CT molecular complexity index is 1350. The highest BCUT2D eigenvalue weighted by atomic mass is 35.5. The number of aromatic nitrogens is 2. The first-order valence-electron chi connectivity index (χ1n) is 9.85. The standard InChI is InChI=1S/C25H17ClN2O4/c26-18-8-4-7-17(11-18)21(25(29)30)12-19-13-22(16-5-2-1-3-6-16)28(27-19)20-9-10-23-24(14-20)32-15-31-23/h1-14H,15H2,(H,29,30)/b21-12-. The van der Waals surface area contributed by atoms with E-state index in [-0.39, 0.29) is 12.4 Å². The van der Waals surface area contributed by atoms with E-state index < -0.39 is 5.97 Å². The molecule has 3 aromatic carbocycles. The lowest BCUT2D eigenvalue weighted by molar-refractivity contribution is -0.130. The number of ether oxygens (including phenoxy) is 2. The molecule has 7 heteroatoms. The first-order valence-corrected chi connectivity index (χ1v) is 10.2. The van der Waals surface area contributed by atoms with Gasteiger partial charge in [-0.05, 0) is 42.0 Å². The Kier molecular flexibility index (Phi) is 5.13. The quantitative estimate of drug-likeness (QED) is 0.409. The van der Waals surface area contributed by atoms with Crippen LogP contribution in [-0.2, 0) is 4.79 Å². The van der Waals surface area contributed by atoms with Gasteiger partial charge in [-0.25, -0.2) is 9.48 Å². The zero-order chi connectivity index (χ0) is 22.1. The minimum absolute atomic E-state index is 0.0995. The molecule has 1 N–H and O–H groups in total. The van der Waals surface area contributed by atoms with Crippen molar-refractivity contribution < 1.29 is 19.4 Å². The van der Waals surface area contributed by atoms with Gasteiger partial charge < -0.3 is 14.6 Å². The summed E-state index contributed by atoms with van der Waals surface area (Å²) < 4.78 is 12.7. The summed E-state index contributed by atoms with van der Waals surface area (Å²) in [6, 6.07) is 23.9. The minimum Gasteiger partial charge on any atom is -0.478 e. The molecule has 0 radical (unpaired) electrons. The Morgan fingerprint density at radius 3 is 2.56 bits per heavy atom. The summed E-state index contributed by atoms with van der Waals surface area (Å²) in [4.78, 5) is 12.0. The predicted octanol–water partition coefficient (Wildman–Crippen LogP) is 5.55. The molecule has 0 unspecified atom stereocenters. The lowest BCUT2D eigenvalue weighted by Crippen LogP contribution is -2.01. The monoisotopic (exact) mass is 444 g/mol. The number of fused-ring (bicyclic) bond motifs is 1. The van der Waals surface area contributed by atoms with Crippen molar-refractivity contribution in [1.29, 1.82) is 0 Å². The molecule has 0 saturated carbocycles. The van der Waals surface area contributed by atoms with E-state index in [1.54, 1.807) is 35.0 Å². The fourth-order valence-corrected chi connectivity index (χ4v) is 3.76. The van der Waals surface area contributed by atoms with E-state index in [4.69, 9.17) is 26.2 Å². The SMILES string of the molecule is O=C(O)/C(=C\c1cc(-c2ccccc2)n(-c2ccc3c(c2)OCO3)n1)c1cccc(Cl)c1. The van der Waals surface area contributed by atoms with E-state index in [0.29, 0.717) is 27.8 Å². The van der Waals surface area contributed by atoms with Gasteiger partial charge in [-0.2, -0.15) is 5.10 Å². The Morgan fingerprint density at radius 2 is 1.78 bits per heavy atom. The van der Waals surface area contributed by atoms with Crippen LogP contribution in [0.15, 0.2) is 78.9 Å². The number of hydrogen-bond acceptors (Lipinski definition) is 4. The average Bonchev–Trinajstić information content (AvgIpc) is 3.44. The Balaban J connectivity index is 1.65. The fourth-order valence-electron chi connectivity index (χ4n) is 3.57. The van der Waals surface area contributed by atoms with Crippen LogP contribution in [-0.4, -0.2) is 27.6 Å². The van der Waals surface area contributed by atoms with Crippen LogP contribution in [0.1, 0.15) is 11.3 Å². The lowest BCUT2D eigenvalue weighted by Gasteiger charge is -2.08. The number of benzene rings is 3. The molecule has 0 saturated heterocycles. The molecular formula is C25H17ClN2O4. The minimum atomic E-state index is -1.06. The molecule has 6 nitrogen and oxygen atoms in total. The van der Waals surface area contributed by atoms with Crippen LogP contribution in [0.2, 0.25) is 5.02 Å². The third-order valence-electron chi connectivity index (χ3n) is 5.06. The van der Waals surface area contributed by atoms with Crippen molar-refractivity contribution in [2.75, 3.05) is 6.79 Å². The summed E-state index contributed by atoms with van der Waals surface area (Å²) in [7, 11) is 0. The fraction of sp³-hybridized carbons (Fsp3) is 0.0400. The predicted molar refractivity (Wildman–Crippen MR) is 122 cm³/mol. The summed E-state index contributed by atoms with van der Waals surface area (Å²) in [6.45, 7) is 0.180. The molecular weight excluding hydrogens is 428 g/mol. The molecule has 0 amide bonds. The highest BCUT2D eigenvalue weighted by molar-refractivity contribution is 6.31. The van der Waals surface area contributed by atoms with Crippen LogP contribution in [0.25, 0.3) is 28.6 Å². The van der Waals surface area contributed by atoms with Crippen molar-refractivity contribution >= 4 is 29.2 Å². The van der Waals surface area contributed by atoms with Crippen molar-refractivity contribution in [3.63, 3.8) is 0 Å². The van der Waals surface area contributed by atoms with E-state index in [1.165, 1.54) is 0 Å². The highest BCUT2D eigenvalue weighted by Crippen LogP contribution is 2.35. The number of halogens is 1. The maximum atomic E-state index is 12.0. The zero-order valence-electron chi connectivity index (χ0n) is 16.7. The second-order valence-corrected chi connectivity index (χ2v) is 7.58. The Labute approximate surface area is 188 Å². The third kappa shape index (κ3) is 3.84. The van der Waals surface area contributed by atoms with E-state index in [2.05, 4.69) is 0 Å². The lowest BCUT2D eigenvalue weighted by atomic mass is 10.0. The van der Waals surface area contributed by atoms with Gasteiger partial charge in [0.05, 0.1) is 22.6 Å². The second-order valence-electron chi connectivity index (χ2n) is 7.14. The molecule has 0 bridgehead atoms. The van der Waals surface area contributed by atoms with Crippen molar-refractivity contribution in [2.24, 2.45) is 0 Å². The van der Waals surface area contributed by atoms with Gasteiger partial charge in [-0.3, -0.25) is 0 Å². The molecule has 0 fully saturated rings. The number of rotatable bonds is 5. The number of carbonyl (C=O) groups is 1. The molecule has 2 heterocycles. The number of carboxylic acids is 1. The van der Waals surface area contributed by atoms with Gasteiger partial charge in [0.1, 0.15) is 0 Å². The first-order chi connectivity index (χ1) is 15.6. The van der Waals surface area contributed by atoms with Crippen molar-refractivity contribution in [2.45, 2.75) is 0 Å². The number of hydrogen-bond donors (Lipinski definition) is 1. The highest BCUT2D eigenvalue weighted by Gasteiger charge is 2.18. The van der Waals surface area contributed by atoms with Crippen molar-refractivity contribution in [3.05, 3.63) is 95.1 Å². The second kappa shape index (κ2) is 8.24. The van der Waals surface area contributed by atoms with Gasteiger partial charge in [0.15, 0.2) is 11.5 Å². The van der Waals surface area contributed by atoms with Crippen LogP contribution in [0, 0.1) is 0 Å². The Morgan fingerprint density at radius 1 is 0.969 bits per heavy atom. The smallest absolute Gasteiger partial charge is 0.336 e. The molecule has 5 rings (SSSR count). The van der Waals surface area contributed by atoms with E-state index in [9.17, 15) is 9.90 Å². The van der Waals surface area contributed by atoms with Crippen LogP contribution in [0.3, 0.4) is 0 Å². The molecule has 1 aliphatic rings. The van der Waals surface area contributed by atoms with Crippen LogP contribution in [0.4, 0.5) is 0 Å². The molecule has 0 atom stereocenters. The number of aliphatic carboxylic acids is 1. The van der Waals surface area contributed by atoms with Crippen molar-refractivity contribution in [1.82, 2.24) is 9.78 Å². The molecule has 0 aliphatic carbocycles. The molecule has 1 aliphatic heterocycles. The average molecular weight is 445 g/mol. The maximum absolute atomic E-state index is 12.0. The number of nitrogens with zero attached hydrogens (tertiary/aromatic N) is 2. The van der Waals surface area contributed by atoms with Gasteiger partial charge in [-0.15, -0.1) is 0 Å². The van der Waals surface area contributed by atoms with Crippen LogP contribution in [0.5, 0.6) is 11.5 Å². The Hall–Kier alpha value is -4.03. The van der Waals surface area contributed by atoms with Gasteiger partial charge in [-0.1, -0.05) is 54.1 Å². The van der Waals surface area contributed by atoms with E-state index in [0.717, 1.165) is 16.9 Å². The van der Waals surface area contributed by atoms with Crippen molar-refractivity contribution in [3.8, 4) is 28.4 Å². The normalized spacial score (nSPS) is 12.7. The first kappa shape index (κ1) is 19.9. The molecule has 4 aromatic rings. The molecule has 158 valence electrons. The summed E-state index contributed by atoms with van der Waals surface area (Å²) in [5.74, 6) is 0.252. The summed E-state index contributed by atoms with van der Waals surface area (Å²) in [6.07, 6.45) is 1.55. The topological polar surface area (TPSA) is 73.6 Å². The van der Waals surface area contributed by atoms with E-state index in [1.807, 2.05) is 54.6 Å². The molecule has 32 heavy (non-hydrogen) atoms. The zero-order valence-corrected chi connectivity index (χ0v) is 17.5. The summed E-state index contributed by atoms with van der Waals surface area (Å²) >= 11 is 6.07. The van der Waals surface area contributed by atoms with Gasteiger partial charge in [0.2, 0.25) is 6.79 Å². The third-order valence-corrected chi connectivity index (χ3v) is 5.29. The van der Waals surface area contributed by atoms with Gasteiger partial charge >= 0.3 is 5.97 Å². The largest absolute Gasteiger partial charge is 0.478 e. The van der Waals surface area contributed by atoms with Gasteiger partial charge in [0.25, 0.3) is 0 Å². The van der Waals surface area contributed by atoms with Gasteiger partial charge in [0, 0.05) is 16.7 Å². The maximum Gasteiger partial charge on any atom is 0.336 e. The summed E-state index contributed by atoms with van der Waals surface area (Å²) in [5, 5.41) is 15.0.